The van der Waals surface area contributed by atoms with E-state index in [1.807, 2.05) is 13.3 Å². The zero-order valence-corrected chi connectivity index (χ0v) is 13.0. The van der Waals surface area contributed by atoms with Gasteiger partial charge in [-0.25, -0.2) is 4.98 Å². The van der Waals surface area contributed by atoms with E-state index in [9.17, 15) is 0 Å². The molecule has 0 spiro atoms. The molecule has 0 atom stereocenters. The lowest BCUT2D eigenvalue weighted by molar-refractivity contribution is 0.0818. The smallest absolute Gasteiger partial charge is 0.131 e. The van der Waals surface area contributed by atoms with E-state index >= 15 is 0 Å². The quantitative estimate of drug-likeness (QED) is 0.811. The summed E-state index contributed by atoms with van der Waals surface area (Å²) < 4.78 is 5.42. The average molecular weight is 277 g/mol. The molecule has 0 aromatic carbocycles. The van der Waals surface area contributed by atoms with Crippen LogP contribution in [0.25, 0.3) is 0 Å². The molecule has 1 fully saturated rings. The highest BCUT2D eigenvalue weighted by molar-refractivity contribution is 5.47. The van der Waals surface area contributed by atoms with Crippen LogP contribution in [0.15, 0.2) is 12.3 Å². The first kappa shape index (κ1) is 15.3. The summed E-state index contributed by atoms with van der Waals surface area (Å²) >= 11 is 0. The number of methoxy groups -OCH3 is 1. The Labute approximate surface area is 122 Å². The van der Waals surface area contributed by atoms with Gasteiger partial charge < -0.3 is 15.0 Å². The van der Waals surface area contributed by atoms with E-state index < -0.39 is 0 Å². The maximum absolute atomic E-state index is 5.42. The minimum Gasteiger partial charge on any atom is -0.381 e. The molecular formula is C16H27N3O. The molecule has 1 aliphatic rings. The standard InChI is InChI=1S/C16H27N3O/c1-4-7-17-11-14-10-13(2)16(18-12-14)19-8-5-15(20-3)6-9-19/h10,12,15,17H,4-9,11H2,1-3H3. The summed E-state index contributed by atoms with van der Waals surface area (Å²) in [5.74, 6) is 1.14. The van der Waals surface area contributed by atoms with E-state index in [2.05, 4.69) is 35.1 Å². The molecule has 4 nitrogen and oxygen atoms in total. The third kappa shape index (κ3) is 3.93. The number of piperidine rings is 1. The molecule has 1 N–H and O–H groups in total. The number of pyridine rings is 1. The largest absolute Gasteiger partial charge is 0.381 e. The molecule has 2 rings (SSSR count). The Hall–Kier alpha value is -1.13. The first-order chi connectivity index (χ1) is 9.74. The summed E-state index contributed by atoms with van der Waals surface area (Å²) in [4.78, 5) is 7.06. The maximum atomic E-state index is 5.42. The number of nitrogens with one attached hydrogen (secondary N) is 1. The Bertz CT molecular complexity index is 414. The molecule has 2 heterocycles. The summed E-state index contributed by atoms with van der Waals surface area (Å²) in [7, 11) is 1.81. The SMILES string of the molecule is CCCNCc1cnc(N2CCC(OC)CC2)c(C)c1. The molecule has 0 aliphatic carbocycles. The van der Waals surface area contributed by atoms with Crippen LogP contribution in [0.4, 0.5) is 5.82 Å². The van der Waals surface area contributed by atoms with Crippen molar-refractivity contribution in [1.29, 1.82) is 0 Å². The van der Waals surface area contributed by atoms with Crippen LogP contribution in [-0.2, 0) is 11.3 Å². The van der Waals surface area contributed by atoms with Crippen LogP contribution in [0.1, 0.15) is 37.3 Å². The van der Waals surface area contributed by atoms with Gasteiger partial charge in [0.2, 0.25) is 0 Å². The second-order valence-corrected chi connectivity index (χ2v) is 5.58. The molecule has 112 valence electrons. The summed E-state index contributed by atoms with van der Waals surface area (Å²) in [5.41, 5.74) is 2.54. The minimum atomic E-state index is 0.420. The molecule has 1 aliphatic heterocycles. The predicted molar refractivity (Wildman–Crippen MR) is 83.2 cm³/mol. The third-order valence-corrected chi connectivity index (χ3v) is 3.94. The molecule has 0 amide bonds. The first-order valence-electron chi connectivity index (χ1n) is 7.68. The van der Waals surface area contributed by atoms with Crippen LogP contribution >= 0.6 is 0 Å². The lowest BCUT2D eigenvalue weighted by Gasteiger charge is -2.33. The van der Waals surface area contributed by atoms with Crippen molar-refractivity contribution in [3.8, 4) is 0 Å². The van der Waals surface area contributed by atoms with Gasteiger partial charge in [0.05, 0.1) is 6.10 Å². The zero-order valence-electron chi connectivity index (χ0n) is 13.0. The van der Waals surface area contributed by atoms with Gasteiger partial charge in [-0.1, -0.05) is 6.92 Å². The number of hydrogen-bond acceptors (Lipinski definition) is 4. The van der Waals surface area contributed by atoms with Crippen molar-refractivity contribution >= 4 is 5.82 Å². The highest BCUT2D eigenvalue weighted by Crippen LogP contribution is 2.23. The normalized spacial score (nSPS) is 16.6. The van der Waals surface area contributed by atoms with Crippen molar-refractivity contribution in [2.24, 2.45) is 0 Å². The molecule has 4 heteroatoms. The van der Waals surface area contributed by atoms with E-state index in [0.717, 1.165) is 44.8 Å². The van der Waals surface area contributed by atoms with Crippen LogP contribution < -0.4 is 10.2 Å². The molecule has 1 aromatic rings. The Morgan fingerprint density at radius 1 is 1.40 bits per heavy atom. The van der Waals surface area contributed by atoms with Crippen LogP contribution in [0, 0.1) is 6.92 Å². The Morgan fingerprint density at radius 2 is 2.15 bits per heavy atom. The van der Waals surface area contributed by atoms with Crippen molar-refractivity contribution in [1.82, 2.24) is 10.3 Å². The van der Waals surface area contributed by atoms with Crippen molar-refractivity contribution in [3.63, 3.8) is 0 Å². The van der Waals surface area contributed by atoms with Crippen LogP contribution in [0.5, 0.6) is 0 Å². The second kappa shape index (κ2) is 7.60. The number of rotatable bonds is 6. The van der Waals surface area contributed by atoms with Gasteiger partial charge in [0, 0.05) is 32.9 Å². The van der Waals surface area contributed by atoms with Gasteiger partial charge in [0.15, 0.2) is 0 Å². The zero-order chi connectivity index (χ0) is 14.4. The summed E-state index contributed by atoms with van der Waals surface area (Å²) in [5, 5.41) is 3.42. The number of aryl methyl sites for hydroxylation is 1. The van der Waals surface area contributed by atoms with Gasteiger partial charge in [-0.2, -0.15) is 0 Å². The summed E-state index contributed by atoms with van der Waals surface area (Å²) in [6.45, 7) is 8.40. The van der Waals surface area contributed by atoms with Crippen molar-refractivity contribution < 1.29 is 4.74 Å². The molecule has 0 radical (unpaired) electrons. The second-order valence-electron chi connectivity index (χ2n) is 5.58. The number of nitrogens with zero attached hydrogens (tertiary/aromatic N) is 2. The predicted octanol–water partition coefficient (Wildman–Crippen LogP) is 2.50. The van der Waals surface area contributed by atoms with Crippen molar-refractivity contribution in [2.75, 3.05) is 31.6 Å². The lowest BCUT2D eigenvalue weighted by Crippen LogP contribution is -2.37. The van der Waals surface area contributed by atoms with Crippen molar-refractivity contribution in [3.05, 3.63) is 23.4 Å². The minimum absolute atomic E-state index is 0.420. The molecule has 0 bridgehead atoms. The monoisotopic (exact) mass is 277 g/mol. The molecule has 0 saturated carbocycles. The van der Waals surface area contributed by atoms with Gasteiger partial charge in [-0.15, -0.1) is 0 Å². The number of hydrogen-bond donors (Lipinski definition) is 1. The van der Waals surface area contributed by atoms with Crippen LogP contribution in [-0.4, -0.2) is 37.8 Å². The van der Waals surface area contributed by atoms with E-state index in [-0.39, 0.29) is 0 Å². The highest BCUT2D eigenvalue weighted by atomic mass is 16.5. The third-order valence-electron chi connectivity index (χ3n) is 3.94. The molecule has 1 saturated heterocycles. The molecule has 0 unspecified atom stereocenters. The summed E-state index contributed by atoms with van der Waals surface area (Å²) in [6, 6.07) is 2.26. The van der Waals surface area contributed by atoms with Crippen LogP contribution in [0.2, 0.25) is 0 Å². The lowest BCUT2D eigenvalue weighted by atomic mass is 10.1. The number of anilines is 1. The fourth-order valence-electron chi connectivity index (χ4n) is 2.77. The van der Waals surface area contributed by atoms with Gasteiger partial charge in [0.25, 0.3) is 0 Å². The Balaban J connectivity index is 1.95. The Kier molecular flexibility index (Phi) is 5.80. The van der Waals surface area contributed by atoms with Gasteiger partial charge >= 0.3 is 0 Å². The average Bonchev–Trinajstić information content (AvgIpc) is 2.48. The molecular weight excluding hydrogens is 250 g/mol. The van der Waals surface area contributed by atoms with Gasteiger partial charge in [-0.05, 0) is 49.9 Å². The maximum Gasteiger partial charge on any atom is 0.131 e. The van der Waals surface area contributed by atoms with E-state index in [1.54, 1.807) is 0 Å². The number of ether oxygens (including phenoxy) is 1. The number of aromatic nitrogens is 1. The Morgan fingerprint density at radius 3 is 2.75 bits per heavy atom. The van der Waals surface area contributed by atoms with Gasteiger partial charge in [-0.3, -0.25) is 0 Å². The van der Waals surface area contributed by atoms with Gasteiger partial charge in [0.1, 0.15) is 5.82 Å². The fourth-order valence-corrected chi connectivity index (χ4v) is 2.77. The van der Waals surface area contributed by atoms with E-state index in [1.165, 1.54) is 17.5 Å². The van der Waals surface area contributed by atoms with E-state index in [4.69, 9.17) is 4.74 Å². The van der Waals surface area contributed by atoms with Crippen molar-refractivity contribution in [2.45, 2.75) is 45.8 Å². The topological polar surface area (TPSA) is 37.4 Å². The highest BCUT2D eigenvalue weighted by Gasteiger charge is 2.20. The fraction of sp³-hybridized carbons (Fsp3) is 0.688. The molecule has 20 heavy (non-hydrogen) atoms. The molecule has 1 aromatic heterocycles. The van der Waals surface area contributed by atoms with Crippen LogP contribution in [0.3, 0.4) is 0 Å². The first-order valence-corrected chi connectivity index (χ1v) is 7.68. The summed E-state index contributed by atoms with van der Waals surface area (Å²) in [6.07, 6.45) is 5.78. The van der Waals surface area contributed by atoms with E-state index in [0.29, 0.717) is 6.10 Å².